The second-order valence-corrected chi connectivity index (χ2v) is 6.62. The number of nitrogens with one attached hydrogen (secondary N) is 2. The summed E-state index contributed by atoms with van der Waals surface area (Å²) in [5.41, 5.74) is 3.15. The van der Waals surface area contributed by atoms with Crippen LogP contribution in [0, 0.1) is 0 Å². The van der Waals surface area contributed by atoms with E-state index < -0.39 is 0 Å². The number of aromatic nitrogens is 2. The molecule has 3 aromatic carbocycles. The van der Waals surface area contributed by atoms with Crippen LogP contribution in [0.1, 0.15) is 15.9 Å². The van der Waals surface area contributed by atoms with Gasteiger partial charge in [0, 0.05) is 17.2 Å². The Kier molecular flexibility index (Phi) is 5.75. The highest BCUT2D eigenvalue weighted by Gasteiger charge is 2.12. The Morgan fingerprint density at radius 1 is 0.967 bits per heavy atom. The lowest BCUT2D eigenvalue weighted by Gasteiger charge is -2.07. The van der Waals surface area contributed by atoms with Gasteiger partial charge in [-0.25, -0.2) is 0 Å². The lowest BCUT2D eigenvalue weighted by atomic mass is 10.1. The summed E-state index contributed by atoms with van der Waals surface area (Å²) >= 11 is 0. The van der Waals surface area contributed by atoms with Crippen LogP contribution < -0.4 is 14.8 Å². The molecule has 1 heterocycles. The number of para-hydroxylation sites is 2. The number of hydrogen-bond acceptors (Lipinski definition) is 4. The van der Waals surface area contributed by atoms with Gasteiger partial charge in [-0.2, -0.15) is 5.10 Å². The van der Waals surface area contributed by atoms with Gasteiger partial charge in [-0.15, -0.1) is 0 Å². The minimum absolute atomic E-state index is 0.233. The van der Waals surface area contributed by atoms with E-state index in [2.05, 4.69) is 15.5 Å². The molecule has 4 rings (SSSR count). The summed E-state index contributed by atoms with van der Waals surface area (Å²) in [6.45, 7) is 0.438. The smallest absolute Gasteiger partial charge is 0.256 e. The molecule has 0 aliphatic rings. The van der Waals surface area contributed by atoms with Crippen LogP contribution in [0.15, 0.2) is 84.9 Å². The lowest BCUT2D eigenvalue weighted by molar-refractivity contribution is 0.102. The third kappa shape index (κ3) is 4.50. The zero-order valence-corrected chi connectivity index (χ0v) is 16.5. The molecule has 0 bridgehead atoms. The number of benzene rings is 3. The minimum atomic E-state index is -0.233. The first-order valence-electron chi connectivity index (χ1n) is 9.50. The van der Waals surface area contributed by atoms with E-state index in [-0.39, 0.29) is 5.91 Å². The van der Waals surface area contributed by atoms with Crippen LogP contribution in [0.3, 0.4) is 0 Å². The van der Waals surface area contributed by atoms with Crippen LogP contribution in [-0.2, 0) is 6.61 Å². The molecule has 0 aliphatic heterocycles. The molecule has 30 heavy (non-hydrogen) atoms. The highest BCUT2D eigenvalue weighted by Crippen LogP contribution is 2.29. The first kappa shape index (κ1) is 19.3. The van der Waals surface area contributed by atoms with Gasteiger partial charge in [0.15, 0.2) is 5.82 Å². The summed E-state index contributed by atoms with van der Waals surface area (Å²) in [5.74, 6) is 1.75. The number of rotatable bonds is 7. The molecule has 6 nitrogen and oxygen atoms in total. The second kappa shape index (κ2) is 8.96. The molecule has 6 heteroatoms. The maximum Gasteiger partial charge on any atom is 0.256 e. The van der Waals surface area contributed by atoms with Crippen LogP contribution >= 0.6 is 0 Å². The monoisotopic (exact) mass is 399 g/mol. The normalized spacial score (nSPS) is 10.4. The summed E-state index contributed by atoms with van der Waals surface area (Å²) in [5, 5.41) is 9.93. The van der Waals surface area contributed by atoms with E-state index in [9.17, 15) is 4.79 Å². The van der Waals surface area contributed by atoms with Crippen LogP contribution in [0.5, 0.6) is 11.5 Å². The molecule has 0 spiro atoms. The number of aromatic amines is 1. The third-order valence-corrected chi connectivity index (χ3v) is 4.58. The van der Waals surface area contributed by atoms with Crippen molar-refractivity contribution in [3.05, 3.63) is 96.1 Å². The number of ether oxygens (including phenoxy) is 2. The van der Waals surface area contributed by atoms with E-state index in [1.54, 1.807) is 25.3 Å². The Morgan fingerprint density at radius 3 is 2.47 bits per heavy atom. The van der Waals surface area contributed by atoms with E-state index in [0.717, 1.165) is 28.3 Å². The van der Waals surface area contributed by atoms with Gasteiger partial charge in [0.1, 0.15) is 18.1 Å². The number of amides is 1. The van der Waals surface area contributed by atoms with Crippen molar-refractivity contribution in [2.45, 2.75) is 6.61 Å². The summed E-state index contributed by atoms with van der Waals surface area (Å²) in [6.07, 6.45) is 0. The molecule has 0 radical (unpaired) electrons. The highest BCUT2D eigenvalue weighted by atomic mass is 16.5. The summed E-state index contributed by atoms with van der Waals surface area (Å²) < 4.78 is 11.1. The molecule has 2 N–H and O–H groups in total. The van der Waals surface area contributed by atoms with Gasteiger partial charge in [0.25, 0.3) is 5.91 Å². The number of H-pyrrole nitrogens is 1. The topological polar surface area (TPSA) is 76.2 Å². The quantitative estimate of drug-likeness (QED) is 0.463. The van der Waals surface area contributed by atoms with Crippen LogP contribution in [0.2, 0.25) is 0 Å². The average Bonchev–Trinajstić information content (AvgIpc) is 3.27. The van der Waals surface area contributed by atoms with Gasteiger partial charge in [-0.1, -0.05) is 42.5 Å². The van der Waals surface area contributed by atoms with Crippen molar-refractivity contribution in [1.29, 1.82) is 0 Å². The maximum atomic E-state index is 12.6. The van der Waals surface area contributed by atoms with Gasteiger partial charge in [0.2, 0.25) is 0 Å². The zero-order valence-electron chi connectivity index (χ0n) is 16.5. The largest absolute Gasteiger partial charge is 0.496 e. The molecular weight excluding hydrogens is 378 g/mol. The predicted molar refractivity (Wildman–Crippen MR) is 116 cm³/mol. The molecule has 0 fully saturated rings. The van der Waals surface area contributed by atoms with Gasteiger partial charge in [0.05, 0.1) is 12.8 Å². The zero-order chi connectivity index (χ0) is 20.8. The first-order chi connectivity index (χ1) is 14.7. The highest BCUT2D eigenvalue weighted by molar-refractivity contribution is 6.04. The van der Waals surface area contributed by atoms with E-state index in [1.165, 1.54) is 0 Å². The minimum Gasteiger partial charge on any atom is -0.496 e. The molecule has 150 valence electrons. The van der Waals surface area contributed by atoms with Gasteiger partial charge < -0.3 is 14.8 Å². The van der Waals surface area contributed by atoms with Crippen molar-refractivity contribution < 1.29 is 14.3 Å². The van der Waals surface area contributed by atoms with E-state index in [1.807, 2.05) is 66.7 Å². The number of carbonyl (C=O) groups excluding carboxylic acids is 1. The second-order valence-electron chi connectivity index (χ2n) is 6.62. The van der Waals surface area contributed by atoms with E-state index >= 15 is 0 Å². The van der Waals surface area contributed by atoms with Crippen molar-refractivity contribution in [2.24, 2.45) is 0 Å². The SMILES string of the molecule is COc1ccccc1-c1cc(NC(=O)c2ccc(COc3ccccc3)cc2)n[nH]1. The molecule has 1 amide bonds. The first-order valence-corrected chi connectivity index (χ1v) is 9.50. The molecule has 0 atom stereocenters. The van der Waals surface area contributed by atoms with Gasteiger partial charge in [-0.3, -0.25) is 9.89 Å². The van der Waals surface area contributed by atoms with Crippen molar-refractivity contribution >= 4 is 11.7 Å². The Balaban J connectivity index is 1.39. The lowest BCUT2D eigenvalue weighted by Crippen LogP contribution is -2.12. The molecule has 0 aliphatic carbocycles. The average molecular weight is 399 g/mol. The summed E-state index contributed by atoms with van der Waals surface area (Å²) in [6, 6.07) is 26.3. The van der Waals surface area contributed by atoms with Crippen molar-refractivity contribution in [3.8, 4) is 22.8 Å². The fourth-order valence-electron chi connectivity index (χ4n) is 3.02. The Labute approximate surface area is 174 Å². The molecule has 0 saturated heterocycles. The standard InChI is InChI=1S/C24H21N3O3/c1-29-22-10-6-5-9-20(22)21-15-23(27-26-21)25-24(28)18-13-11-17(12-14-18)16-30-19-7-3-2-4-8-19/h2-15H,16H2,1H3,(H2,25,26,27,28). The number of nitrogens with zero attached hydrogens (tertiary/aromatic N) is 1. The Morgan fingerprint density at radius 2 is 1.70 bits per heavy atom. The Bertz CT molecular complexity index is 1120. The Hall–Kier alpha value is -4.06. The third-order valence-electron chi connectivity index (χ3n) is 4.58. The molecule has 0 unspecified atom stereocenters. The maximum absolute atomic E-state index is 12.6. The summed E-state index contributed by atoms with van der Waals surface area (Å²) in [7, 11) is 1.62. The predicted octanol–water partition coefficient (Wildman–Crippen LogP) is 4.92. The molecular formula is C24H21N3O3. The van der Waals surface area contributed by atoms with Crippen molar-refractivity contribution in [2.75, 3.05) is 12.4 Å². The van der Waals surface area contributed by atoms with E-state index in [0.29, 0.717) is 18.0 Å². The van der Waals surface area contributed by atoms with Gasteiger partial charge >= 0.3 is 0 Å². The van der Waals surface area contributed by atoms with Crippen LogP contribution in [0.4, 0.5) is 5.82 Å². The molecule has 1 aromatic heterocycles. The van der Waals surface area contributed by atoms with Crippen molar-refractivity contribution in [1.82, 2.24) is 10.2 Å². The molecule has 0 saturated carbocycles. The fraction of sp³-hybridized carbons (Fsp3) is 0.0833. The number of hydrogen-bond donors (Lipinski definition) is 2. The van der Waals surface area contributed by atoms with Crippen LogP contribution in [0.25, 0.3) is 11.3 Å². The number of anilines is 1. The number of carbonyl (C=O) groups is 1. The van der Waals surface area contributed by atoms with Crippen LogP contribution in [-0.4, -0.2) is 23.2 Å². The fourth-order valence-corrected chi connectivity index (χ4v) is 3.02. The van der Waals surface area contributed by atoms with Gasteiger partial charge in [-0.05, 0) is 42.0 Å². The van der Waals surface area contributed by atoms with E-state index in [4.69, 9.17) is 9.47 Å². The number of methoxy groups -OCH3 is 1. The van der Waals surface area contributed by atoms with Crippen molar-refractivity contribution in [3.63, 3.8) is 0 Å². The summed E-state index contributed by atoms with van der Waals surface area (Å²) in [4.78, 5) is 12.6. The molecule has 4 aromatic rings.